The standard InChI is InChI=1S/C20H15ClN2O3S/c21-13-6-7-17-15(10-13)20(26,11-18(24)16-5-1-2-8-22-16)19(25)23(17)12-14-4-3-9-27-14/h1-10,26H,11-12H2. The highest BCUT2D eigenvalue weighted by Crippen LogP contribution is 2.44. The monoisotopic (exact) mass is 398 g/mol. The molecular weight excluding hydrogens is 384 g/mol. The Kier molecular flexibility index (Phi) is 4.55. The summed E-state index contributed by atoms with van der Waals surface area (Å²) in [6.07, 6.45) is 1.11. The van der Waals surface area contributed by atoms with E-state index in [9.17, 15) is 14.7 Å². The van der Waals surface area contributed by atoms with E-state index in [4.69, 9.17) is 11.6 Å². The molecule has 0 aliphatic carbocycles. The lowest BCUT2D eigenvalue weighted by molar-refractivity contribution is -0.136. The molecule has 3 heterocycles. The second-order valence-electron chi connectivity index (χ2n) is 6.31. The second-order valence-corrected chi connectivity index (χ2v) is 7.78. The topological polar surface area (TPSA) is 70.5 Å². The van der Waals surface area contributed by atoms with Crippen molar-refractivity contribution in [2.45, 2.75) is 18.6 Å². The summed E-state index contributed by atoms with van der Waals surface area (Å²) in [5, 5.41) is 13.6. The molecule has 27 heavy (non-hydrogen) atoms. The Morgan fingerprint density at radius 3 is 2.78 bits per heavy atom. The molecule has 5 nitrogen and oxygen atoms in total. The van der Waals surface area contributed by atoms with Crippen LogP contribution in [-0.4, -0.2) is 21.8 Å². The van der Waals surface area contributed by atoms with Crippen molar-refractivity contribution in [2.75, 3.05) is 4.90 Å². The number of carbonyl (C=O) groups is 2. The van der Waals surface area contributed by atoms with Crippen molar-refractivity contribution in [2.24, 2.45) is 0 Å². The fourth-order valence-corrected chi connectivity index (χ4v) is 4.12. The number of anilines is 1. The molecule has 3 aromatic rings. The lowest BCUT2D eigenvalue weighted by atomic mass is 9.89. The number of ketones is 1. The molecule has 1 aromatic carbocycles. The van der Waals surface area contributed by atoms with Gasteiger partial charge in [0, 0.05) is 21.7 Å². The summed E-state index contributed by atoms with van der Waals surface area (Å²) in [7, 11) is 0. The van der Waals surface area contributed by atoms with E-state index < -0.39 is 23.7 Å². The first-order valence-electron chi connectivity index (χ1n) is 8.30. The van der Waals surface area contributed by atoms with Gasteiger partial charge in [0.25, 0.3) is 5.91 Å². The zero-order valence-corrected chi connectivity index (χ0v) is 15.7. The molecule has 1 atom stereocenters. The van der Waals surface area contributed by atoms with Gasteiger partial charge < -0.3 is 10.0 Å². The summed E-state index contributed by atoms with van der Waals surface area (Å²) in [5.41, 5.74) is -0.847. The van der Waals surface area contributed by atoms with Crippen molar-refractivity contribution in [3.05, 3.63) is 81.3 Å². The number of amides is 1. The smallest absolute Gasteiger partial charge is 0.264 e. The molecule has 1 aliphatic rings. The maximum atomic E-state index is 13.2. The maximum Gasteiger partial charge on any atom is 0.264 e. The van der Waals surface area contributed by atoms with Gasteiger partial charge in [0.1, 0.15) is 5.69 Å². The van der Waals surface area contributed by atoms with Gasteiger partial charge >= 0.3 is 0 Å². The van der Waals surface area contributed by atoms with Gasteiger partial charge in [-0.05, 0) is 41.8 Å². The molecule has 2 aromatic heterocycles. The Bertz CT molecular complexity index is 1010. The Hall–Kier alpha value is -2.54. The molecule has 0 saturated carbocycles. The summed E-state index contributed by atoms with van der Waals surface area (Å²) in [6, 6.07) is 13.7. The van der Waals surface area contributed by atoms with Crippen molar-refractivity contribution < 1.29 is 14.7 Å². The number of aromatic nitrogens is 1. The van der Waals surface area contributed by atoms with Crippen molar-refractivity contribution in [3.63, 3.8) is 0 Å². The maximum absolute atomic E-state index is 13.2. The van der Waals surface area contributed by atoms with Gasteiger partial charge in [0.05, 0.1) is 18.7 Å². The summed E-state index contributed by atoms with van der Waals surface area (Å²) in [4.78, 5) is 32.3. The van der Waals surface area contributed by atoms with Gasteiger partial charge in [-0.3, -0.25) is 14.6 Å². The van der Waals surface area contributed by atoms with Crippen LogP contribution in [0.1, 0.15) is 27.3 Å². The summed E-state index contributed by atoms with van der Waals surface area (Å²) >= 11 is 7.63. The van der Waals surface area contributed by atoms with E-state index in [1.807, 2.05) is 17.5 Å². The molecule has 136 valence electrons. The number of halogens is 1. The van der Waals surface area contributed by atoms with Crippen LogP contribution in [0.4, 0.5) is 5.69 Å². The lowest BCUT2D eigenvalue weighted by Crippen LogP contribution is -2.41. The van der Waals surface area contributed by atoms with Crippen LogP contribution in [0, 0.1) is 0 Å². The third-order valence-electron chi connectivity index (χ3n) is 4.55. The van der Waals surface area contributed by atoms with Crippen molar-refractivity contribution >= 4 is 40.3 Å². The number of rotatable bonds is 5. The average Bonchev–Trinajstić information content (AvgIpc) is 3.25. The number of fused-ring (bicyclic) bond motifs is 1. The minimum Gasteiger partial charge on any atom is -0.375 e. The summed E-state index contributed by atoms with van der Waals surface area (Å²) in [6.45, 7) is 0.325. The predicted octanol–water partition coefficient (Wildman–Crippen LogP) is 3.80. The van der Waals surface area contributed by atoms with Crippen molar-refractivity contribution in [3.8, 4) is 0 Å². The summed E-state index contributed by atoms with van der Waals surface area (Å²) in [5.74, 6) is -0.937. The molecule has 1 aliphatic heterocycles. The number of Topliss-reactive ketones (excluding diaryl/α,β-unsaturated/α-hetero) is 1. The number of thiophene rings is 1. The number of hydrogen-bond donors (Lipinski definition) is 1. The highest BCUT2D eigenvalue weighted by molar-refractivity contribution is 7.09. The fourth-order valence-electron chi connectivity index (χ4n) is 3.26. The Balaban J connectivity index is 1.73. The van der Waals surface area contributed by atoms with E-state index in [2.05, 4.69) is 4.98 Å². The average molecular weight is 399 g/mol. The largest absolute Gasteiger partial charge is 0.375 e. The van der Waals surface area contributed by atoms with Crippen molar-refractivity contribution in [1.82, 2.24) is 4.98 Å². The predicted molar refractivity (Wildman–Crippen MR) is 104 cm³/mol. The number of pyridine rings is 1. The molecule has 4 rings (SSSR count). The third kappa shape index (κ3) is 3.16. The number of carbonyl (C=O) groups excluding carboxylic acids is 2. The van der Waals surface area contributed by atoms with Crippen LogP contribution in [-0.2, 0) is 16.9 Å². The van der Waals surface area contributed by atoms with Crippen LogP contribution in [0.15, 0.2) is 60.1 Å². The van der Waals surface area contributed by atoms with E-state index in [1.54, 1.807) is 36.4 Å². The number of nitrogens with zero attached hydrogens (tertiary/aromatic N) is 2. The zero-order chi connectivity index (χ0) is 19.0. The molecule has 0 bridgehead atoms. The van der Waals surface area contributed by atoms with Gasteiger partial charge in [-0.25, -0.2) is 0 Å². The lowest BCUT2D eigenvalue weighted by Gasteiger charge is -2.22. The van der Waals surface area contributed by atoms with Gasteiger partial charge in [0.15, 0.2) is 11.4 Å². The first-order chi connectivity index (χ1) is 13.0. The van der Waals surface area contributed by atoms with Gasteiger partial charge in [-0.2, -0.15) is 0 Å². The van der Waals surface area contributed by atoms with Crippen LogP contribution in [0.2, 0.25) is 5.02 Å². The van der Waals surface area contributed by atoms with Crippen molar-refractivity contribution in [1.29, 1.82) is 0 Å². The molecule has 7 heteroatoms. The van der Waals surface area contributed by atoms with Crippen LogP contribution in [0.5, 0.6) is 0 Å². The third-order valence-corrected chi connectivity index (χ3v) is 5.65. The Morgan fingerprint density at radius 2 is 2.07 bits per heavy atom. The quantitative estimate of drug-likeness (QED) is 0.663. The second kappa shape index (κ2) is 6.88. The minimum absolute atomic E-state index is 0.207. The Labute approximate surface area is 164 Å². The van der Waals surface area contributed by atoms with E-state index in [1.165, 1.54) is 22.4 Å². The van der Waals surface area contributed by atoms with Crippen LogP contribution in [0.3, 0.4) is 0 Å². The SMILES string of the molecule is O=C(CC1(O)C(=O)N(Cc2cccs2)c2ccc(Cl)cc21)c1ccccn1. The van der Waals surface area contributed by atoms with Crippen LogP contribution < -0.4 is 4.90 Å². The molecule has 1 unspecified atom stereocenters. The first-order valence-corrected chi connectivity index (χ1v) is 9.56. The normalized spacial score (nSPS) is 18.6. The number of hydrogen-bond acceptors (Lipinski definition) is 5. The molecule has 1 N–H and O–H groups in total. The van der Waals surface area contributed by atoms with Gasteiger partial charge in [0.2, 0.25) is 0 Å². The molecular formula is C20H15ClN2O3S. The molecule has 0 fully saturated rings. The molecule has 0 spiro atoms. The van der Waals surface area contributed by atoms with E-state index in [0.29, 0.717) is 22.8 Å². The van der Waals surface area contributed by atoms with Gasteiger partial charge in [-0.1, -0.05) is 23.7 Å². The highest BCUT2D eigenvalue weighted by Gasteiger charge is 2.51. The number of aliphatic hydroxyl groups is 1. The van der Waals surface area contributed by atoms with Crippen LogP contribution >= 0.6 is 22.9 Å². The van der Waals surface area contributed by atoms with E-state index in [-0.39, 0.29) is 5.69 Å². The summed E-state index contributed by atoms with van der Waals surface area (Å²) < 4.78 is 0. The molecule has 0 radical (unpaired) electrons. The number of benzene rings is 1. The minimum atomic E-state index is -1.97. The van der Waals surface area contributed by atoms with E-state index >= 15 is 0 Å². The zero-order valence-electron chi connectivity index (χ0n) is 14.1. The van der Waals surface area contributed by atoms with Crippen LogP contribution in [0.25, 0.3) is 0 Å². The van der Waals surface area contributed by atoms with E-state index in [0.717, 1.165) is 4.88 Å². The Morgan fingerprint density at radius 1 is 1.22 bits per heavy atom. The molecule has 0 saturated heterocycles. The molecule has 1 amide bonds. The first kappa shape index (κ1) is 17.9. The highest BCUT2D eigenvalue weighted by atomic mass is 35.5. The van der Waals surface area contributed by atoms with Gasteiger partial charge in [-0.15, -0.1) is 11.3 Å². The fraction of sp³-hybridized carbons (Fsp3) is 0.150.